The van der Waals surface area contributed by atoms with Crippen LogP contribution in [0.15, 0.2) is 0 Å². The molecule has 0 aromatic rings. The van der Waals surface area contributed by atoms with E-state index in [0.717, 1.165) is 19.4 Å². The number of piperidine rings is 1. The quantitative estimate of drug-likeness (QED) is 0.576. The first-order valence-corrected chi connectivity index (χ1v) is 5.01. The number of likely N-dealkylation sites (tertiary alicyclic amines) is 1. The van der Waals surface area contributed by atoms with Crippen molar-refractivity contribution in [1.29, 1.82) is 0 Å². The maximum absolute atomic E-state index is 10.6. The van der Waals surface area contributed by atoms with Crippen molar-refractivity contribution < 1.29 is 9.90 Å². The van der Waals surface area contributed by atoms with E-state index >= 15 is 0 Å². The van der Waals surface area contributed by atoms with Gasteiger partial charge in [-0.05, 0) is 31.0 Å². The second-order valence-corrected chi connectivity index (χ2v) is 3.90. The minimum Gasteiger partial charge on any atom is -0.465 e. The molecule has 6 heteroatoms. The molecule has 1 rings (SSSR count). The maximum atomic E-state index is 10.6. The van der Waals surface area contributed by atoms with Crippen LogP contribution < -0.4 is 11.1 Å². The Bertz CT molecular complexity index is 227. The number of thiocarbonyl (C=S) groups is 1. The van der Waals surface area contributed by atoms with Gasteiger partial charge in [0.2, 0.25) is 0 Å². The zero-order valence-electron chi connectivity index (χ0n) is 7.90. The molecule has 1 fully saturated rings. The van der Waals surface area contributed by atoms with Crippen LogP contribution in [0.4, 0.5) is 4.79 Å². The SMILES string of the molecule is NC(=S)NCC1CCN(C(=O)O)CC1. The van der Waals surface area contributed by atoms with Gasteiger partial charge < -0.3 is 21.1 Å². The minimum atomic E-state index is -0.828. The van der Waals surface area contributed by atoms with Crippen molar-refractivity contribution in [3.8, 4) is 0 Å². The fraction of sp³-hybridized carbons (Fsp3) is 0.750. The zero-order valence-corrected chi connectivity index (χ0v) is 8.72. The Kier molecular flexibility index (Phi) is 3.94. The van der Waals surface area contributed by atoms with Crippen molar-refractivity contribution in [3.05, 3.63) is 0 Å². The van der Waals surface area contributed by atoms with E-state index in [9.17, 15) is 4.79 Å². The van der Waals surface area contributed by atoms with Crippen LogP contribution in [0, 0.1) is 5.92 Å². The van der Waals surface area contributed by atoms with E-state index < -0.39 is 6.09 Å². The highest BCUT2D eigenvalue weighted by molar-refractivity contribution is 7.80. The monoisotopic (exact) mass is 217 g/mol. The first kappa shape index (κ1) is 11.0. The molecule has 1 amide bonds. The lowest BCUT2D eigenvalue weighted by atomic mass is 9.97. The van der Waals surface area contributed by atoms with Gasteiger partial charge in [0, 0.05) is 19.6 Å². The van der Waals surface area contributed by atoms with Gasteiger partial charge in [-0.25, -0.2) is 4.79 Å². The molecule has 1 saturated heterocycles. The Balaban J connectivity index is 2.22. The molecule has 1 aliphatic heterocycles. The molecular formula is C8H15N3O2S. The third-order valence-corrected chi connectivity index (χ3v) is 2.59. The number of hydrogen-bond donors (Lipinski definition) is 3. The molecular weight excluding hydrogens is 202 g/mol. The Morgan fingerprint density at radius 1 is 1.57 bits per heavy atom. The molecule has 1 heterocycles. The van der Waals surface area contributed by atoms with E-state index in [1.807, 2.05) is 0 Å². The van der Waals surface area contributed by atoms with Gasteiger partial charge in [0.25, 0.3) is 0 Å². The fourth-order valence-corrected chi connectivity index (χ4v) is 1.66. The summed E-state index contributed by atoms with van der Waals surface area (Å²) in [7, 11) is 0. The molecule has 0 bridgehead atoms. The number of nitrogens with zero attached hydrogens (tertiary/aromatic N) is 1. The van der Waals surface area contributed by atoms with Gasteiger partial charge in [-0.1, -0.05) is 0 Å². The average molecular weight is 217 g/mol. The van der Waals surface area contributed by atoms with Crippen molar-refractivity contribution in [2.45, 2.75) is 12.8 Å². The van der Waals surface area contributed by atoms with Gasteiger partial charge in [0.15, 0.2) is 5.11 Å². The third-order valence-electron chi connectivity index (χ3n) is 2.45. The normalized spacial score (nSPS) is 17.9. The van der Waals surface area contributed by atoms with Crippen molar-refractivity contribution in [3.63, 3.8) is 0 Å². The van der Waals surface area contributed by atoms with Crippen LogP contribution in [0.25, 0.3) is 0 Å². The third kappa shape index (κ3) is 3.37. The Hall–Kier alpha value is -1.04. The second-order valence-electron chi connectivity index (χ2n) is 3.46. The molecule has 5 nitrogen and oxygen atoms in total. The summed E-state index contributed by atoms with van der Waals surface area (Å²) in [5.41, 5.74) is 5.30. The van der Waals surface area contributed by atoms with Gasteiger partial charge in [-0.15, -0.1) is 0 Å². The van der Waals surface area contributed by atoms with Gasteiger partial charge >= 0.3 is 6.09 Å². The molecule has 0 aromatic carbocycles. The topological polar surface area (TPSA) is 78.6 Å². The second kappa shape index (κ2) is 4.99. The number of nitrogens with one attached hydrogen (secondary N) is 1. The Morgan fingerprint density at radius 2 is 2.14 bits per heavy atom. The first-order valence-electron chi connectivity index (χ1n) is 4.60. The zero-order chi connectivity index (χ0) is 10.6. The molecule has 4 N–H and O–H groups in total. The fourth-order valence-electron chi connectivity index (χ4n) is 1.57. The maximum Gasteiger partial charge on any atom is 0.407 e. The van der Waals surface area contributed by atoms with E-state index in [4.69, 9.17) is 23.1 Å². The summed E-state index contributed by atoms with van der Waals surface area (Å²) in [6.45, 7) is 1.97. The van der Waals surface area contributed by atoms with E-state index in [0.29, 0.717) is 24.1 Å². The number of carboxylic acid groups (broad SMARTS) is 1. The van der Waals surface area contributed by atoms with Crippen LogP contribution in [0.3, 0.4) is 0 Å². The van der Waals surface area contributed by atoms with E-state index in [-0.39, 0.29) is 0 Å². The highest BCUT2D eigenvalue weighted by Crippen LogP contribution is 2.15. The van der Waals surface area contributed by atoms with Crippen LogP contribution in [0.1, 0.15) is 12.8 Å². The molecule has 14 heavy (non-hydrogen) atoms. The van der Waals surface area contributed by atoms with Gasteiger partial charge in [0.1, 0.15) is 0 Å². The number of hydrogen-bond acceptors (Lipinski definition) is 2. The number of nitrogens with two attached hydrogens (primary N) is 1. The predicted molar refractivity (Wildman–Crippen MR) is 57.1 cm³/mol. The molecule has 0 aliphatic carbocycles. The molecule has 1 aliphatic rings. The van der Waals surface area contributed by atoms with Crippen molar-refractivity contribution in [2.75, 3.05) is 19.6 Å². The standard InChI is InChI=1S/C8H15N3O2S/c9-7(14)10-5-6-1-3-11(4-2-6)8(12)13/h6H,1-5H2,(H,12,13)(H3,9,10,14). The largest absolute Gasteiger partial charge is 0.465 e. The van der Waals surface area contributed by atoms with Crippen LogP contribution in [0.2, 0.25) is 0 Å². The predicted octanol–water partition coefficient (Wildman–Crippen LogP) is 0.210. The number of amides is 1. The summed E-state index contributed by atoms with van der Waals surface area (Å²) in [5, 5.41) is 11.9. The molecule has 0 atom stereocenters. The van der Waals surface area contributed by atoms with Crippen molar-refractivity contribution in [2.24, 2.45) is 11.7 Å². The van der Waals surface area contributed by atoms with Crippen LogP contribution in [-0.2, 0) is 0 Å². The van der Waals surface area contributed by atoms with Crippen LogP contribution >= 0.6 is 12.2 Å². The molecule has 0 spiro atoms. The number of carbonyl (C=O) groups is 1. The van der Waals surface area contributed by atoms with Crippen LogP contribution in [-0.4, -0.2) is 40.8 Å². The summed E-state index contributed by atoms with van der Waals surface area (Å²) in [6.07, 6.45) is 0.926. The van der Waals surface area contributed by atoms with Gasteiger partial charge in [0.05, 0.1) is 0 Å². The number of rotatable bonds is 2. The molecule has 0 aromatic heterocycles. The molecule has 80 valence electrons. The lowest BCUT2D eigenvalue weighted by Crippen LogP contribution is -2.41. The molecule has 0 unspecified atom stereocenters. The molecule has 0 saturated carbocycles. The summed E-state index contributed by atoms with van der Waals surface area (Å²) < 4.78 is 0. The first-order chi connectivity index (χ1) is 6.59. The van der Waals surface area contributed by atoms with E-state index in [1.165, 1.54) is 4.90 Å². The summed E-state index contributed by atoms with van der Waals surface area (Å²) in [5.74, 6) is 0.479. The lowest BCUT2D eigenvalue weighted by molar-refractivity contribution is 0.125. The highest BCUT2D eigenvalue weighted by Gasteiger charge is 2.21. The summed E-state index contributed by atoms with van der Waals surface area (Å²) in [4.78, 5) is 12.0. The van der Waals surface area contributed by atoms with E-state index in [1.54, 1.807) is 0 Å². The van der Waals surface area contributed by atoms with E-state index in [2.05, 4.69) is 5.32 Å². The highest BCUT2D eigenvalue weighted by atomic mass is 32.1. The van der Waals surface area contributed by atoms with Crippen molar-refractivity contribution >= 4 is 23.4 Å². The molecule has 0 radical (unpaired) electrons. The lowest BCUT2D eigenvalue weighted by Gasteiger charge is -2.29. The summed E-state index contributed by atoms with van der Waals surface area (Å²) in [6, 6.07) is 0. The van der Waals surface area contributed by atoms with Crippen molar-refractivity contribution in [1.82, 2.24) is 10.2 Å². The average Bonchev–Trinajstić information content (AvgIpc) is 2.15. The van der Waals surface area contributed by atoms with Gasteiger partial charge in [-0.2, -0.15) is 0 Å². The smallest absolute Gasteiger partial charge is 0.407 e. The Labute approximate surface area is 88.3 Å². The minimum absolute atomic E-state index is 0.311. The van der Waals surface area contributed by atoms with Gasteiger partial charge in [-0.3, -0.25) is 0 Å². The summed E-state index contributed by atoms with van der Waals surface area (Å²) >= 11 is 4.69. The Morgan fingerprint density at radius 3 is 2.57 bits per heavy atom. The van der Waals surface area contributed by atoms with Crippen LogP contribution in [0.5, 0.6) is 0 Å².